The topological polar surface area (TPSA) is 55.7 Å². The van der Waals surface area contributed by atoms with Gasteiger partial charge >= 0.3 is 0 Å². The molecule has 0 radical (unpaired) electrons. The normalized spacial score (nSPS) is 30.3. The highest BCUT2D eigenvalue weighted by Crippen LogP contribution is 2.44. The molecule has 4 nitrogen and oxygen atoms in total. The molecule has 1 aromatic carbocycles. The maximum Gasteiger partial charge on any atom is 0.191 e. The van der Waals surface area contributed by atoms with E-state index in [4.69, 9.17) is 4.84 Å². The van der Waals surface area contributed by atoms with Crippen LogP contribution in [0.25, 0.3) is 0 Å². The Morgan fingerprint density at radius 2 is 2.07 bits per heavy atom. The van der Waals surface area contributed by atoms with Crippen LogP contribution >= 0.6 is 0 Å². The molecular weight excluding hydrogens is 214 g/mol. The van der Waals surface area contributed by atoms with E-state index in [9.17, 15) is 8.42 Å². The Bertz CT molecular complexity index is 562. The maximum absolute atomic E-state index is 12.1. The molecule has 2 aliphatic rings. The average molecular weight is 223 g/mol. The van der Waals surface area contributed by atoms with Crippen molar-refractivity contribution in [1.82, 2.24) is 0 Å². The van der Waals surface area contributed by atoms with Gasteiger partial charge in [0.15, 0.2) is 21.2 Å². The van der Waals surface area contributed by atoms with Gasteiger partial charge in [0.05, 0.1) is 10.6 Å². The molecule has 0 spiro atoms. The summed E-state index contributed by atoms with van der Waals surface area (Å²) in [5.74, 6) is 0. The van der Waals surface area contributed by atoms with Crippen molar-refractivity contribution in [3.63, 3.8) is 0 Å². The Labute approximate surface area is 87.5 Å². The van der Waals surface area contributed by atoms with Crippen LogP contribution in [0.1, 0.15) is 18.6 Å². The predicted molar refractivity (Wildman–Crippen MR) is 54.4 cm³/mol. The molecule has 0 bridgehead atoms. The van der Waals surface area contributed by atoms with Crippen LogP contribution in [0.4, 0.5) is 0 Å². The fourth-order valence-corrected chi connectivity index (χ4v) is 4.25. The van der Waals surface area contributed by atoms with E-state index in [0.717, 1.165) is 5.56 Å². The largest absolute Gasteiger partial charge is 0.386 e. The Hall–Kier alpha value is -1.36. The third kappa shape index (κ3) is 0.958. The fourth-order valence-electron chi connectivity index (χ4n) is 2.18. The highest BCUT2D eigenvalue weighted by atomic mass is 32.2. The Kier molecular flexibility index (Phi) is 1.55. The first-order valence-electron chi connectivity index (χ1n) is 4.65. The molecule has 0 saturated carbocycles. The lowest BCUT2D eigenvalue weighted by atomic mass is 10.1. The summed E-state index contributed by atoms with van der Waals surface area (Å²) in [5.41, 5.74) is 1.26. The third-order valence-electron chi connectivity index (χ3n) is 2.86. The minimum Gasteiger partial charge on any atom is -0.386 e. The molecule has 78 valence electrons. The standard InChI is InChI=1S/C10H9NO3S/c1-6-10-9(14-11-6)7-4-2-3-5-8(7)15(10,12)13/h2-5,9-10H,1H3. The zero-order chi connectivity index (χ0) is 10.6. The number of hydrogen-bond acceptors (Lipinski definition) is 4. The summed E-state index contributed by atoms with van der Waals surface area (Å²) in [4.78, 5) is 5.54. The Morgan fingerprint density at radius 3 is 2.87 bits per heavy atom. The molecule has 1 aromatic rings. The lowest BCUT2D eigenvalue weighted by Gasteiger charge is -2.05. The molecule has 2 atom stereocenters. The molecule has 2 unspecified atom stereocenters. The van der Waals surface area contributed by atoms with E-state index < -0.39 is 21.2 Å². The SMILES string of the molecule is CC1=NOC2c3ccccc3S(=O)(=O)C12. The second-order valence-corrected chi connectivity index (χ2v) is 5.80. The number of sulfone groups is 1. The molecule has 0 aromatic heterocycles. The van der Waals surface area contributed by atoms with Crippen molar-refractivity contribution in [2.24, 2.45) is 5.16 Å². The van der Waals surface area contributed by atoms with E-state index >= 15 is 0 Å². The molecular formula is C10H9NO3S. The van der Waals surface area contributed by atoms with E-state index in [1.807, 2.05) is 6.07 Å². The number of hydrogen-bond donors (Lipinski definition) is 0. The molecule has 5 heteroatoms. The molecule has 0 saturated heterocycles. The van der Waals surface area contributed by atoms with Gasteiger partial charge in [-0.3, -0.25) is 0 Å². The van der Waals surface area contributed by atoms with E-state index in [-0.39, 0.29) is 0 Å². The summed E-state index contributed by atoms with van der Waals surface area (Å²) in [6.45, 7) is 1.69. The van der Waals surface area contributed by atoms with Crippen LogP contribution in [0.15, 0.2) is 34.3 Å². The van der Waals surface area contributed by atoms with Crippen LogP contribution in [-0.2, 0) is 14.7 Å². The number of rotatable bonds is 0. The second kappa shape index (κ2) is 2.61. The Morgan fingerprint density at radius 1 is 1.33 bits per heavy atom. The van der Waals surface area contributed by atoms with Crippen molar-refractivity contribution < 1.29 is 13.3 Å². The van der Waals surface area contributed by atoms with Gasteiger partial charge < -0.3 is 4.84 Å². The lowest BCUT2D eigenvalue weighted by Crippen LogP contribution is -2.24. The van der Waals surface area contributed by atoms with Gasteiger partial charge in [-0.05, 0) is 13.0 Å². The zero-order valence-electron chi connectivity index (χ0n) is 8.04. The van der Waals surface area contributed by atoms with Crippen molar-refractivity contribution in [1.29, 1.82) is 0 Å². The van der Waals surface area contributed by atoms with Crippen LogP contribution in [0.2, 0.25) is 0 Å². The zero-order valence-corrected chi connectivity index (χ0v) is 8.86. The summed E-state index contributed by atoms with van der Waals surface area (Å²) in [6, 6.07) is 6.95. The number of nitrogens with zero attached hydrogens (tertiary/aromatic N) is 1. The number of benzene rings is 1. The van der Waals surface area contributed by atoms with Gasteiger partial charge in [0.2, 0.25) is 0 Å². The molecule has 0 amide bonds. The summed E-state index contributed by atoms with van der Waals surface area (Å²) in [7, 11) is -3.29. The molecule has 0 fully saturated rings. The lowest BCUT2D eigenvalue weighted by molar-refractivity contribution is 0.0885. The van der Waals surface area contributed by atoms with Gasteiger partial charge in [-0.15, -0.1) is 0 Å². The minimum absolute atomic E-state index is 0.384. The van der Waals surface area contributed by atoms with Crippen molar-refractivity contribution in [3.05, 3.63) is 29.8 Å². The minimum atomic E-state index is -3.29. The van der Waals surface area contributed by atoms with E-state index in [1.54, 1.807) is 25.1 Å². The van der Waals surface area contributed by atoms with Gasteiger partial charge in [-0.1, -0.05) is 23.4 Å². The molecule has 2 heterocycles. The van der Waals surface area contributed by atoms with Crippen molar-refractivity contribution >= 4 is 15.5 Å². The molecule has 3 rings (SSSR count). The van der Waals surface area contributed by atoms with Crippen LogP contribution in [0.5, 0.6) is 0 Å². The quantitative estimate of drug-likeness (QED) is 0.666. The van der Waals surface area contributed by atoms with E-state index in [2.05, 4.69) is 5.16 Å². The molecule has 0 aliphatic carbocycles. The van der Waals surface area contributed by atoms with Crippen molar-refractivity contribution in [2.45, 2.75) is 23.2 Å². The number of oxime groups is 1. The molecule has 2 aliphatic heterocycles. The summed E-state index contributed by atoms with van der Waals surface area (Å²) in [6.07, 6.45) is -0.439. The van der Waals surface area contributed by atoms with Crippen LogP contribution in [0, 0.1) is 0 Å². The van der Waals surface area contributed by atoms with Crippen LogP contribution in [-0.4, -0.2) is 19.4 Å². The summed E-state index contributed by atoms with van der Waals surface area (Å²) in [5, 5.41) is 3.14. The Balaban J connectivity index is 2.31. The highest BCUT2D eigenvalue weighted by molar-refractivity contribution is 7.93. The van der Waals surface area contributed by atoms with Gasteiger partial charge in [0, 0.05) is 5.56 Å². The van der Waals surface area contributed by atoms with E-state index in [1.165, 1.54) is 0 Å². The summed E-state index contributed by atoms with van der Waals surface area (Å²) < 4.78 is 24.2. The van der Waals surface area contributed by atoms with Gasteiger partial charge in [-0.25, -0.2) is 8.42 Å². The van der Waals surface area contributed by atoms with Crippen molar-refractivity contribution in [3.8, 4) is 0 Å². The molecule has 0 N–H and O–H groups in total. The first-order valence-corrected chi connectivity index (χ1v) is 6.20. The first-order chi connectivity index (χ1) is 7.12. The highest BCUT2D eigenvalue weighted by Gasteiger charge is 2.51. The van der Waals surface area contributed by atoms with Crippen LogP contribution < -0.4 is 0 Å². The summed E-state index contributed by atoms with van der Waals surface area (Å²) >= 11 is 0. The fraction of sp³-hybridized carbons (Fsp3) is 0.300. The van der Waals surface area contributed by atoms with Gasteiger partial charge in [0.25, 0.3) is 0 Å². The van der Waals surface area contributed by atoms with Crippen molar-refractivity contribution in [2.75, 3.05) is 0 Å². The number of fused-ring (bicyclic) bond motifs is 3. The monoisotopic (exact) mass is 223 g/mol. The maximum atomic E-state index is 12.1. The third-order valence-corrected chi connectivity index (χ3v) is 5.11. The van der Waals surface area contributed by atoms with Gasteiger partial charge in [0.1, 0.15) is 0 Å². The molecule has 15 heavy (non-hydrogen) atoms. The second-order valence-electron chi connectivity index (χ2n) is 3.76. The average Bonchev–Trinajstić information content (AvgIpc) is 2.69. The van der Waals surface area contributed by atoms with Crippen LogP contribution in [0.3, 0.4) is 0 Å². The van der Waals surface area contributed by atoms with E-state index in [0.29, 0.717) is 10.6 Å². The first kappa shape index (κ1) is 8.91. The smallest absolute Gasteiger partial charge is 0.191 e. The predicted octanol–water partition coefficient (Wildman–Crippen LogP) is 1.29. The van der Waals surface area contributed by atoms with Gasteiger partial charge in [-0.2, -0.15) is 0 Å².